The van der Waals surface area contributed by atoms with Crippen molar-refractivity contribution in [2.24, 2.45) is 0 Å². The number of benzene rings is 1. The second-order valence-electron chi connectivity index (χ2n) is 4.00. The Kier molecular flexibility index (Phi) is 3.94. The van der Waals surface area contributed by atoms with Crippen LogP contribution in [-0.4, -0.2) is 9.97 Å². The number of rotatable bonds is 4. The van der Waals surface area contributed by atoms with Crippen LogP contribution in [-0.2, 0) is 6.42 Å². The number of nitrogens with two attached hydrogens (primary N) is 1. The third-order valence-corrected chi connectivity index (χ3v) is 2.65. The van der Waals surface area contributed by atoms with Crippen molar-refractivity contribution in [1.82, 2.24) is 9.97 Å². The predicted octanol–water partition coefficient (Wildman–Crippen LogP) is 2.68. The lowest BCUT2D eigenvalue weighted by Gasteiger charge is -2.11. The van der Waals surface area contributed by atoms with E-state index in [1.807, 2.05) is 6.92 Å². The molecular formula is C14H14N4O. The van der Waals surface area contributed by atoms with Crippen LogP contribution < -0.4 is 10.5 Å². The maximum atomic E-state index is 9.04. The molecule has 0 unspecified atom stereocenters. The van der Waals surface area contributed by atoms with Gasteiger partial charge in [-0.15, -0.1) is 0 Å². The zero-order chi connectivity index (χ0) is 13.7. The van der Waals surface area contributed by atoms with Gasteiger partial charge < -0.3 is 10.5 Å². The molecule has 2 aromatic rings. The van der Waals surface area contributed by atoms with Crippen LogP contribution in [0.1, 0.15) is 24.5 Å². The van der Waals surface area contributed by atoms with Gasteiger partial charge in [0, 0.05) is 0 Å². The fourth-order valence-electron chi connectivity index (χ4n) is 1.73. The summed E-state index contributed by atoms with van der Waals surface area (Å²) in [5.41, 5.74) is 7.07. The monoisotopic (exact) mass is 254 g/mol. The van der Waals surface area contributed by atoms with Crippen molar-refractivity contribution in [3.8, 4) is 17.7 Å². The molecular weight excluding hydrogens is 240 g/mol. The molecule has 1 aromatic heterocycles. The molecule has 0 aliphatic rings. The van der Waals surface area contributed by atoms with E-state index in [1.165, 1.54) is 6.33 Å². The molecule has 2 N–H and O–H groups in total. The van der Waals surface area contributed by atoms with E-state index in [2.05, 4.69) is 16.0 Å². The molecule has 0 spiro atoms. The van der Waals surface area contributed by atoms with Crippen molar-refractivity contribution in [3.05, 3.63) is 41.7 Å². The lowest BCUT2D eigenvalue weighted by molar-refractivity contribution is 0.453. The normalized spacial score (nSPS) is 9.89. The SMILES string of the molecule is CCCc1c(N)ncnc1Oc1ccccc1C#N. The van der Waals surface area contributed by atoms with Crippen LogP contribution in [0, 0.1) is 11.3 Å². The first kappa shape index (κ1) is 12.8. The van der Waals surface area contributed by atoms with Crippen molar-refractivity contribution >= 4 is 5.82 Å². The fraction of sp³-hybridized carbons (Fsp3) is 0.214. The molecule has 0 bridgehead atoms. The van der Waals surface area contributed by atoms with Gasteiger partial charge in [-0.05, 0) is 18.6 Å². The maximum Gasteiger partial charge on any atom is 0.227 e. The zero-order valence-corrected chi connectivity index (χ0v) is 10.6. The van der Waals surface area contributed by atoms with Gasteiger partial charge in [0.1, 0.15) is 24.0 Å². The highest BCUT2D eigenvalue weighted by molar-refractivity contribution is 5.49. The average Bonchev–Trinajstić information content (AvgIpc) is 2.43. The summed E-state index contributed by atoms with van der Waals surface area (Å²) in [6.07, 6.45) is 3.00. The van der Waals surface area contributed by atoms with Crippen LogP contribution in [0.25, 0.3) is 0 Å². The molecule has 0 fully saturated rings. The second kappa shape index (κ2) is 5.83. The molecule has 1 aromatic carbocycles. The Morgan fingerprint density at radius 2 is 2.11 bits per heavy atom. The Balaban J connectivity index is 2.38. The molecule has 0 saturated carbocycles. The quantitative estimate of drug-likeness (QED) is 0.906. The van der Waals surface area contributed by atoms with Gasteiger partial charge in [0.25, 0.3) is 0 Å². The largest absolute Gasteiger partial charge is 0.437 e. The molecule has 0 saturated heterocycles. The number of hydrogen-bond donors (Lipinski definition) is 1. The van der Waals surface area contributed by atoms with E-state index >= 15 is 0 Å². The van der Waals surface area contributed by atoms with Gasteiger partial charge in [-0.2, -0.15) is 5.26 Å². The fourth-order valence-corrected chi connectivity index (χ4v) is 1.73. The standard InChI is InChI=1S/C14H14N4O/c1-2-5-11-13(16)17-9-18-14(11)19-12-7-4-3-6-10(12)8-15/h3-4,6-7,9H,2,5H2,1H3,(H2,16,17,18). The summed E-state index contributed by atoms with van der Waals surface area (Å²) in [5, 5.41) is 9.04. The number of ether oxygens (including phenoxy) is 1. The number of nitriles is 1. The average molecular weight is 254 g/mol. The summed E-state index contributed by atoms with van der Waals surface area (Å²) in [4.78, 5) is 8.07. The Morgan fingerprint density at radius 1 is 1.32 bits per heavy atom. The summed E-state index contributed by atoms with van der Waals surface area (Å²) >= 11 is 0. The first-order valence-electron chi connectivity index (χ1n) is 6.02. The van der Waals surface area contributed by atoms with Gasteiger partial charge in [0.15, 0.2) is 0 Å². The first-order valence-corrected chi connectivity index (χ1v) is 6.02. The summed E-state index contributed by atoms with van der Waals surface area (Å²) in [6.45, 7) is 2.04. The number of anilines is 1. The van der Waals surface area contributed by atoms with Gasteiger partial charge in [-0.25, -0.2) is 9.97 Å². The lowest BCUT2D eigenvalue weighted by Crippen LogP contribution is -2.03. The van der Waals surface area contributed by atoms with E-state index in [9.17, 15) is 0 Å². The maximum absolute atomic E-state index is 9.04. The Hall–Kier alpha value is -2.61. The van der Waals surface area contributed by atoms with Crippen molar-refractivity contribution < 1.29 is 4.74 Å². The van der Waals surface area contributed by atoms with E-state index in [-0.39, 0.29) is 0 Å². The van der Waals surface area contributed by atoms with Crippen molar-refractivity contribution in [2.75, 3.05) is 5.73 Å². The minimum atomic E-state index is 0.414. The molecule has 0 atom stereocenters. The summed E-state index contributed by atoms with van der Waals surface area (Å²) < 4.78 is 5.71. The van der Waals surface area contributed by atoms with E-state index in [0.717, 1.165) is 18.4 Å². The topological polar surface area (TPSA) is 84.8 Å². The smallest absolute Gasteiger partial charge is 0.227 e. The van der Waals surface area contributed by atoms with Crippen LogP contribution in [0.4, 0.5) is 5.82 Å². The highest BCUT2D eigenvalue weighted by atomic mass is 16.5. The van der Waals surface area contributed by atoms with Crippen molar-refractivity contribution in [2.45, 2.75) is 19.8 Å². The van der Waals surface area contributed by atoms with E-state index in [4.69, 9.17) is 15.7 Å². The highest BCUT2D eigenvalue weighted by Crippen LogP contribution is 2.28. The van der Waals surface area contributed by atoms with E-state index < -0.39 is 0 Å². The first-order chi connectivity index (χ1) is 9.26. The molecule has 2 rings (SSSR count). The predicted molar refractivity (Wildman–Crippen MR) is 71.7 cm³/mol. The van der Waals surface area contributed by atoms with Crippen molar-refractivity contribution in [3.63, 3.8) is 0 Å². The summed E-state index contributed by atoms with van der Waals surface area (Å²) in [5.74, 6) is 1.30. The summed E-state index contributed by atoms with van der Waals surface area (Å²) in [6, 6.07) is 9.10. The second-order valence-corrected chi connectivity index (χ2v) is 4.00. The third-order valence-electron chi connectivity index (χ3n) is 2.65. The van der Waals surface area contributed by atoms with Gasteiger partial charge in [0.05, 0.1) is 11.1 Å². The molecule has 0 radical (unpaired) electrons. The van der Waals surface area contributed by atoms with Crippen LogP contribution in [0.5, 0.6) is 11.6 Å². The van der Waals surface area contributed by atoms with Crippen LogP contribution >= 0.6 is 0 Å². The lowest BCUT2D eigenvalue weighted by atomic mass is 10.1. The summed E-state index contributed by atoms with van der Waals surface area (Å²) in [7, 11) is 0. The van der Waals surface area contributed by atoms with Crippen LogP contribution in [0.3, 0.4) is 0 Å². The van der Waals surface area contributed by atoms with Gasteiger partial charge in [-0.1, -0.05) is 25.5 Å². The van der Waals surface area contributed by atoms with Gasteiger partial charge >= 0.3 is 0 Å². The molecule has 1 heterocycles. The number of nitrogens with zero attached hydrogens (tertiary/aromatic N) is 3. The number of nitrogen functional groups attached to an aromatic ring is 1. The number of para-hydroxylation sites is 1. The Morgan fingerprint density at radius 3 is 2.84 bits per heavy atom. The van der Waals surface area contributed by atoms with Crippen LogP contribution in [0.2, 0.25) is 0 Å². The Bertz CT molecular complexity index is 619. The number of hydrogen-bond acceptors (Lipinski definition) is 5. The van der Waals surface area contributed by atoms with E-state index in [0.29, 0.717) is 23.0 Å². The molecule has 0 aliphatic heterocycles. The number of aromatic nitrogens is 2. The molecule has 0 amide bonds. The van der Waals surface area contributed by atoms with Gasteiger partial charge in [-0.3, -0.25) is 0 Å². The molecule has 5 nitrogen and oxygen atoms in total. The van der Waals surface area contributed by atoms with E-state index in [1.54, 1.807) is 24.3 Å². The molecule has 19 heavy (non-hydrogen) atoms. The zero-order valence-electron chi connectivity index (χ0n) is 10.6. The molecule has 96 valence electrons. The van der Waals surface area contributed by atoms with Gasteiger partial charge in [0.2, 0.25) is 5.88 Å². The minimum Gasteiger partial charge on any atom is -0.437 e. The van der Waals surface area contributed by atoms with Crippen LogP contribution in [0.15, 0.2) is 30.6 Å². The highest BCUT2D eigenvalue weighted by Gasteiger charge is 2.12. The Labute approximate surface area is 111 Å². The van der Waals surface area contributed by atoms with Crippen molar-refractivity contribution in [1.29, 1.82) is 5.26 Å². The minimum absolute atomic E-state index is 0.414. The third kappa shape index (κ3) is 2.80. The molecule has 5 heteroatoms. The molecule has 0 aliphatic carbocycles.